The third kappa shape index (κ3) is 4.48. The van der Waals surface area contributed by atoms with Crippen LogP contribution >= 0.6 is 0 Å². The molecule has 0 fully saturated rings. The molecule has 0 atom stereocenters. The maximum Gasteiger partial charge on any atom is 0.343 e. The molecule has 3 aromatic carbocycles. The van der Waals surface area contributed by atoms with Gasteiger partial charge in [-0.15, -0.1) is 0 Å². The predicted octanol–water partition coefficient (Wildman–Crippen LogP) is 4.18. The van der Waals surface area contributed by atoms with E-state index in [9.17, 15) is 9.59 Å². The normalized spacial score (nSPS) is 10.2. The van der Waals surface area contributed by atoms with Gasteiger partial charge in [0, 0.05) is 0 Å². The lowest BCUT2D eigenvalue weighted by Crippen LogP contribution is -2.09. The quantitative estimate of drug-likeness (QED) is 0.534. The largest absolute Gasteiger partial charge is 0.489 e. The third-order valence-corrected chi connectivity index (χ3v) is 3.63. The minimum absolute atomic E-state index is 0.0555. The summed E-state index contributed by atoms with van der Waals surface area (Å²) in [4.78, 5) is 23.1. The SMILES string of the molecule is O=C(O)c1cccc(OC(=O)c2ccc(OCc3ccccc3)cc2)c1. The van der Waals surface area contributed by atoms with Gasteiger partial charge in [-0.1, -0.05) is 36.4 Å². The zero-order valence-corrected chi connectivity index (χ0v) is 13.8. The highest BCUT2D eigenvalue weighted by atomic mass is 16.5. The third-order valence-electron chi connectivity index (χ3n) is 3.63. The maximum absolute atomic E-state index is 12.2. The van der Waals surface area contributed by atoms with Crippen LogP contribution in [0.25, 0.3) is 0 Å². The molecule has 0 aliphatic carbocycles. The molecule has 0 aliphatic heterocycles. The Morgan fingerprint density at radius 3 is 2.19 bits per heavy atom. The second kappa shape index (κ2) is 7.98. The number of carboxylic acids is 1. The minimum atomic E-state index is -1.08. The molecule has 5 heteroatoms. The molecule has 1 N–H and O–H groups in total. The van der Waals surface area contributed by atoms with Crippen LogP contribution in [-0.2, 0) is 6.61 Å². The van der Waals surface area contributed by atoms with Gasteiger partial charge >= 0.3 is 11.9 Å². The summed E-state index contributed by atoms with van der Waals surface area (Å²) in [5, 5.41) is 8.97. The molecule has 0 aromatic heterocycles. The van der Waals surface area contributed by atoms with Gasteiger partial charge in [0.1, 0.15) is 18.1 Å². The molecule has 0 radical (unpaired) electrons. The molecule has 0 aliphatic rings. The molecule has 0 unspecified atom stereocenters. The van der Waals surface area contributed by atoms with Crippen molar-refractivity contribution in [2.75, 3.05) is 0 Å². The number of carboxylic acid groups (broad SMARTS) is 1. The topological polar surface area (TPSA) is 72.8 Å². The summed E-state index contributed by atoms with van der Waals surface area (Å²) in [5.74, 6) is -0.831. The highest BCUT2D eigenvalue weighted by Crippen LogP contribution is 2.18. The van der Waals surface area contributed by atoms with Crippen molar-refractivity contribution in [3.05, 3.63) is 95.6 Å². The van der Waals surface area contributed by atoms with Crippen LogP contribution in [0.1, 0.15) is 26.3 Å². The lowest BCUT2D eigenvalue weighted by atomic mass is 10.2. The highest BCUT2D eigenvalue weighted by molar-refractivity contribution is 5.92. The van der Waals surface area contributed by atoms with Crippen molar-refractivity contribution in [2.45, 2.75) is 6.61 Å². The summed E-state index contributed by atoms with van der Waals surface area (Å²) >= 11 is 0. The fourth-order valence-corrected chi connectivity index (χ4v) is 2.29. The van der Waals surface area contributed by atoms with E-state index in [2.05, 4.69) is 0 Å². The van der Waals surface area contributed by atoms with Crippen LogP contribution in [0, 0.1) is 0 Å². The maximum atomic E-state index is 12.2. The average molecular weight is 348 g/mol. The summed E-state index contributed by atoms with van der Waals surface area (Å²) in [6.45, 7) is 0.437. The Kier molecular flexibility index (Phi) is 5.29. The number of esters is 1. The predicted molar refractivity (Wildman–Crippen MR) is 95.6 cm³/mol. The van der Waals surface area contributed by atoms with Crippen LogP contribution in [0.15, 0.2) is 78.9 Å². The first kappa shape index (κ1) is 17.2. The molecule has 5 nitrogen and oxygen atoms in total. The van der Waals surface area contributed by atoms with E-state index in [0.717, 1.165) is 5.56 Å². The molecule has 130 valence electrons. The molecule has 0 heterocycles. The van der Waals surface area contributed by atoms with E-state index in [1.807, 2.05) is 30.3 Å². The Labute approximate surface area is 150 Å². The molecule has 0 amide bonds. The summed E-state index contributed by atoms with van der Waals surface area (Å²) in [6, 6.07) is 22.1. The lowest BCUT2D eigenvalue weighted by molar-refractivity contribution is 0.0687. The fraction of sp³-hybridized carbons (Fsp3) is 0.0476. The molecular formula is C21H16O5. The standard InChI is InChI=1S/C21H16O5/c22-20(23)17-7-4-8-19(13-17)26-21(24)16-9-11-18(12-10-16)25-14-15-5-2-1-3-6-15/h1-13H,14H2,(H,22,23). The van der Waals surface area contributed by atoms with Gasteiger partial charge in [-0.25, -0.2) is 9.59 Å². The minimum Gasteiger partial charge on any atom is -0.489 e. The van der Waals surface area contributed by atoms with E-state index in [-0.39, 0.29) is 11.3 Å². The van der Waals surface area contributed by atoms with E-state index in [4.69, 9.17) is 14.6 Å². The molecule has 0 saturated heterocycles. The van der Waals surface area contributed by atoms with E-state index < -0.39 is 11.9 Å². The van der Waals surface area contributed by atoms with E-state index >= 15 is 0 Å². The van der Waals surface area contributed by atoms with Crippen LogP contribution in [0.4, 0.5) is 0 Å². The van der Waals surface area contributed by atoms with E-state index in [1.54, 1.807) is 24.3 Å². The fourth-order valence-electron chi connectivity index (χ4n) is 2.29. The Morgan fingerprint density at radius 1 is 0.769 bits per heavy atom. The van der Waals surface area contributed by atoms with E-state index in [1.165, 1.54) is 24.3 Å². The number of hydrogen-bond acceptors (Lipinski definition) is 4. The molecule has 3 aromatic rings. The Hall–Kier alpha value is -3.60. The molecule has 26 heavy (non-hydrogen) atoms. The van der Waals surface area contributed by atoms with Gasteiger partial charge < -0.3 is 14.6 Å². The Bertz CT molecular complexity index is 901. The second-order valence-corrected chi connectivity index (χ2v) is 5.52. The summed E-state index contributed by atoms with van der Waals surface area (Å²) in [5.41, 5.74) is 1.45. The van der Waals surface area contributed by atoms with Gasteiger partial charge in [0.25, 0.3) is 0 Å². The van der Waals surface area contributed by atoms with Crippen molar-refractivity contribution in [1.29, 1.82) is 0 Å². The van der Waals surface area contributed by atoms with Crippen LogP contribution in [0.3, 0.4) is 0 Å². The van der Waals surface area contributed by atoms with Gasteiger partial charge in [0.2, 0.25) is 0 Å². The first-order valence-electron chi connectivity index (χ1n) is 7.94. The smallest absolute Gasteiger partial charge is 0.343 e. The molecule has 0 bridgehead atoms. The van der Waals surface area contributed by atoms with Gasteiger partial charge in [-0.3, -0.25) is 0 Å². The molecule has 0 saturated carbocycles. The van der Waals surface area contributed by atoms with Crippen molar-refractivity contribution >= 4 is 11.9 Å². The first-order chi connectivity index (χ1) is 12.6. The van der Waals surface area contributed by atoms with Gasteiger partial charge in [-0.05, 0) is 48.0 Å². The van der Waals surface area contributed by atoms with Crippen LogP contribution in [0.2, 0.25) is 0 Å². The van der Waals surface area contributed by atoms with Crippen LogP contribution in [-0.4, -0.2) is 17.0 Å². The van der Waals surface area contributed by atoms with Crippen LogP contribution in [0.5, 0.6) is 11.5 Å². The van der Waals surface area contributed by atoms with Crippen molar-refractivity contribution in [3.63, 3.8) is 0 Å². The Balaban J connectivity index is 1.61. The summed E-state index contributed by atoms with van der Waals surface area (Å²) in [6.07, 6.45) is 0. The first-order valence-corrected chi connectivity index (χ1v) is 7.94. The lowest BCUT2D eigenvalue weighted by Gasteiger charge is -2.08. The molecule has 0 spiro atoms. The average Bonchev–Trinajstić information content (AvgIpc) is 2.68. The zero-order valence-electron chi connectivity index (χ0n) is 13.8. The molecular weight excluding hydrogens is 332 g/mol. The van der Waals surface area contributed by atoms with Gasteiger partial charge in [-0.2, -0.15) is 0 Å². The monoisotopic (exact) mass is 348 g/mol. The van der Waals surface area contributed by atoms with Crippen molar-refractivity contribution < 1.29 is 24.2 Å². The zero-order chi connectivity index (χ0) is 18.4. The van der Waals surface area contributed by atoms with E-state index in [0.29, 0.717) is 17.9 Å². The number of rotatable bonds is 6. The number of ether oxygens (including phenoxy) is 2. The van der Waals surface area contributed by atoms with Crippen LogP contribution < -0.4 is 9.47 Å². The van der Waals surface area contributed by atoms with Crippen molar-refractivity contribution in [3.8, 4) is 11.5 Å². The number of hydrogen-bond donors (Lipinski definition) is 1. The van der Waals surface area contributed by atoms with Crippen molar-refractivity contribution in [2.24, 2.45) is 0 Å². The second-order valence-electron chi connectivity index (χ2n) is 5.52. The van der Waals surface area contributed by atoms with Gasteiger partial charge in [0.05, 0.1) is 11.1 Å². The Morgan fingerprint density at radius 2 is 1.50 bits per heavy atom. The number of carbonyl (C=O) groups excluding carboxylic acids is 1. The highest BCUT2D eigenvalue weighted by Gasteiger charge is 2.11. The number of aromatic carboxylic acids is 1. The summed E-state index contributed by atoms with van der Waals surface area (Å²) < 4.78 is 10.9. The number of carbonyl (C=O) groups is 2. The summed E-state index contributed by atoms with van der Waals surface area (Å²) in [7, 11) is 0. The van der Waals surface area contributed by atoms with Crippen molar-refractivity contribution in [1.82, 2.24) is 0 Å². The number of benzene rings is 3. The van der Waals surface area contributed by atoms with Gasteiger partial charge in [0.15, 0.2) is 0 Å². The molecule has 3 rings (SSSR count).